The number of nitrogens with zero attached hydrogens (tertiary/aromatic N) is 1. The minimum Gasteiger partial charge on any atom is -0.341 e. The maximum Gasteiger partial charge on any atom is 0.286 e. The van der Waals surface area contributed by atoms with Crippen LogP contribution in [0.3, 0.4) is 0 Å². The molecule has 11 nitrogen and oxygen atoms in total. The van der Waals surface area contributed by atoms with Gasteiger partial charge in [0.25, 0.3) is 10.0 Å². The summed E-state index contributed by atoms with van der Waals surface area (Å²) in [7, 11) is -8.16. The lowest BCUT2D eigenvalue weighted by molar-refractivity contribution is -0.134. The molecule has 0 fully saturated rings. The minimum absolute atomic E-state index is 0.00264. The fourth-order valence-corrected chi connectivity index (χ4v) is 7.31. The summed E-state index contributed by atoms with van der Waals surface area (Å²) < 4.78 is 56.2. The van der Waals surface area contributed by atoms with E-state index in [4.69, 9.17) is 0 Å². The van der Waals surface area contributed by atoms with Crippen molar-refractivity contribution in [2.75, 3.05) is 16.3 Å². The van der Waals surface area contributed by atoms with E-state index in [-0.39, 0.29) is 40.6 Å². The Bertz CT molecular complexity index is 1910. The van der Waals surface area contributed by atoms with Gasteiger partial charge in [0, 0.05) is 11.3 Å². The van der Waals surface area contributed by atoms with E-state index in [9.17, 15) is 31.2 Å². The predicted molar refractivity (Wildman–Crippen MR) is 166 cm³/mol. The number of carbonyl (C=O) groups excluding carboxylic acids is 3. The van der Waals surface area contributed by atoms with Gasteiger partial charge < -0.3 is 10.6 Å². The Morgan fingerprint density at radius 3 is 2.39 bits per heavy atom. The van der Waals surface area contributed by atoms with E-state index < -0.39 is 54.8 Å². The van der Waals surface area contributed by atoms with Gasteiger partial charge in [-0.15, -0.1) is 4.40 Å². The molecule has 3 aromatic rings. The topological polar surface area (TPSA) is 168 Å². The molecule has 2 atom stereocenters. The van der Waals surface area contributed by atoms with Crippen LogP contribution in [0, 0.1) is 11.8 Å². The van der Waals surface area contributed by atoms with Gasteiger partial charge >= 0.3 is 0 Å². The molecule has 2 unspecified atom stereocenters. The van der Waals surface area contributed by atoms with Crippen molar-refractivity contribution in [3.63, 3.8) is 0 Å². The van der Waals surface area contributed by atoms with Crippen molar-refractivity contribution in [2.24, 2.45) is 16.2 Å². The van der Waals surface area contributed by atoms with Crippen molar-refractivity contribution >= 4 is 54.7 Å². The van der Waals surface area contributed by atoms with Gasteiger partial charge in [0.1, 0.15) is 22.2 Å². The summed E-state index contributed by atoms with van der Waals surface area (Å²) in [4.78, 5) is 41.7. The van der Waals surface area contributed by atoms with Crippen molar-refractivity contribution in [1.82, 2.24) is 5.32 Å². The smallest absolute Gasteiger partial charge is 0.286 e. The number of carbonyl (C=O) groups is 3. The summed E-state index contributed by atoms with van der Waals surface area (Å²) in [5, 5.41) is 5.80. The Kier molecular flexibility index (Phi) is 8.21. The summed E-state index contributed by atoms with van der Waals surface area (Å²) in [6, 6.07) is 19.3. The quantitative estimate of drug-likeness (QED) is 0.299. The van der Waals surface area contributed by atoms with E-state index in [0.717, 1.165) is 17.9 Å². The first-order valence-electron chi connectivity index (χ1n) is 14.0. The Labute approximate surface area is 256 Å². The second-order valence-corrected chi connectivity index (χ2v) is 14.7. The fraction of sp³-hybridized carbons (Fsp3) is 0.290. The molecule has 1 amide bonds. The first kappa shape index (κ1) is 31.1. The number of nitrogens with one attached hydrogen (secondary N) is 3. The fourth-order valence-electron chi connectivity index (χ4n) is 5.57. The van der Waals surface area contributed by atoms with E-state index in [1.165, 1.54) is 12.1 Å². The minimum atomic E-state index is -4.47. The average Bonchev–Trinajstić information content (AvgIpc) is 2.94. The van der Waals surface area contributed by atoms with Crippen LogP contribution in [0.25, 0.3) is 0 Å². The van der Waals surface area contributed by atoms with Crippen LogP contribution in [-0.4, -0.2) is 46.4 Å². The van der Waals surface area contributed by atoms with Gasteiger partial charge in [-0.05, 0) is 48.1 Å². The standard InChI is InChI=1S/C31H32N4O7S2/c1-19(2)15-16-31(33-26(36)17-20-9-5-4-6-10-20)23-12-8-7-11-22(23)28(37)27(29(31)38)30-32-24-14-13-21(34-43(3,39)40)18-25(24)44(41,42)35-30/h4-14,18-19,27,34H,15-17H2,1-3H3,(H,32,35)(H,33,36). The summed E-state index contributed by atoms with van der Waals surface area (Å²) in [6.45, 7) is 3.95. The maximum atomic E-state index is 14.6. The van der Waals surface area contributed by atoms with Crippen LogP contribution in [0.5, 0.6) is 0 Å². The highest BCUT2D eigenvalue weighted by Gasteiger charge is 2.54. The van der Waals surface area contributed by atoms with Crippen LogP contribution in [-0.2, 0) is 41.6 Å². The zero-order valence-corrected chi connectivity index (χ0v) is 26.0. The van der Waals surface area contributed by atoms with E-state index in [1.807, 2.05) is 19.9 Å². The molecule has 0 saturated carbocycles. The second-order valence-electron chi connectivity index (χ2n) is 11.4. The van der Waals surface area contributed by atoms with Crippen LogP contribution < -0.4 is 15.4 Å². The number of anilines is 2. The van der Waals surface area contributed by atoms with Crippen molar-refractivity contribution < 1.29 is 31.2 Å². The van der Waals surface area contributed by atoms with E-state index in [2.05, 4.69) is 19.8 Å². The van der Waals surface area contributed by atoms with Gasteiger partial charge in [-0.1, -0.05) is 68.4 Å². The number of rotatable bonds is 9. The Balaban J connectivity index is 1.60. The molecule has 230 valence electrons. The van der Waals surface area contributed by atoms with Gasteiger partial charge in [-0.25, -0.2) is 8.42 Å². The van der Waals surface area contributed by atoms with Crippen molar-refractivity contribution in [3.8, 4) is 0 Å². The number of hydrogen-bond donors (Lipinski definition) is 3. The molecule has 44 heavy (non-hydrogen) atoms. The average molecular weight is 637 g/mol. The first-order chi connectivity index (χ1) is 20.7. The molecule has 2 aliphatic rings. The lowest BCUT2D eigenvalue weighted by Crippen LogP contribution is -2.61. The van der Waals surface area contributed by atoms with E-state index >= 15 is 0 Å². The number of fused-ring (bicyclic) bond motifs is 2. The third kappa shape index (κ3) is 6.15. The Hall–Kier alpha value is -4.36. The number of benzene rings is 3. The van der Waals surface area contributed by atoms with Gasteiger partial charge in [0.2, 0.25) is 15.9 Å². The van der Waals surface area contributed by atoms with Crippen LogP contribution in [0.2, 0.25) is 0 Å². The van der Waals surface area contributed by atoms with Crippen molar-refractivity contribution in [3.05, 3.63) is 89.5 Å². The van der Waals surface area contributed by atoms with Gasteiger partial charge in [-0.2, -0.15) is 8.42 Å². The molecule has 5 rings (SSSR count). The van der Waals surface area contributed by atoms with Gasteiger partial charge in [-0.3, -0.25) is 19.1 Å². The molecule has 0 aromatic heterocycles. The number of Topliss-reactive ketones (excluding diaryl/α,β-unsaturated/α-hetero) is 2. The molecule has 13 heteroatoms. The number of sulfonamides is 2. The lowest BCUT2D eigenvalue weighted by Gasteiger charge is -2.42. The molecule has 0 radical (unpaired) electrons. The Morgan fingerprint density at radius 1 is 1.02 bits per heavy atom. The highest BCUT2D eigenvalue weighted by atomic mass is 32.2. The molecule has 0 bridgehead atoms. The normalized spacial score (nSPS) is 20.6. The van der Waals surface area contributed by atoms with Crippen LogP contribution in [0.1, 0.15) is 48.2 Å². The predicted octanol–water partition coefficient (Wildman–Crippen LogP) is 3.64. The molecular weight excluding hydrogens is 604 g/mol. The maximum absolute atomic E-state index is 14.6. The third-order valence-electron chi connectivity index (χ3n) is 7.57. The molecular formula is C31H32N4O7S2. The summed E-state index contributed by atoms with van der Waals surface area (Å²) in [5.41, 5.74) is -0.343. The summed E-state index contributed by atoms with van der Waals surface area (Å²) >= 11 is 0. The third-order valence-corrected chi connectivity index (χ3v) is 9.51. The SMILES string of the molecule is CC(C)CCC1(NC(=O)Cc2ccccc2)C(=O)C(C2=NS(=O)(=O)c3cc(NS(C)(=O)=O)ccc3N2)C(=O)c2ccccc21. The molecule has 1 aliphatic heterocycles. The van der Waals surface area contributed by atoms with E-state index in [0.29, 0.717) is 12.0 Å². The van der Waals surface area contributed by atoms with Crippen LogP contribution in [0.4, 0.5) is 11.4 Å². The second kappa shape index (κ2) is 11.6. The molecule has 1 aliphatic carbocycles. The van der Waals surface area contributed by atoms with Crippen molar-refractivity contribution in [2.45, 2.75) is 43.5 Å². The molecule has 3 N–H and O–H groups in total. The highest BCUT2D eigenvalue weighted by Crippen LogP contribution is 2.42. The molecule has 3 aromatic carbocycles. The van der Waals surface area contributed by atoms with Gasteiger partial charge in [0.05, 0.1) is 18.4 Å². The van der Waals surface area contributed by atoms with Crippen LogP contribution in [0.15, 0.2) is 82.1 Å². The first-order valence-corrected chi connectivity index (χ1v) is 17.3. The number of amides is 1. The van der Waals surface area contributed by atoms with E-state index in [1.54, 1.807) is 48.5 Å². The van der Waals surface area contributed by atoms with Crippen molar-refractivity contribution in [1.29, 1.82) is 0 Å². The number of hydrogen-bond acceptors (Lipinski definition) is 8. The zero-order valence-electron chi connectivity index (χ0n) is 24.3. The molecule has 0 spiro atoms. The lowest BCUT2D eigenvalue weighted by atomic mass is 9.67. The summed E-state index contributed by atoms with van der Waals surface area (Å²) in [5.74, 6) is -3.69. The zero-order chi connectivity index (χ0) is 31.9. The van der Waals surface area contributed by atoms with Gasteiger partial charge in [0.15, 0.2) is 11.6 Å². The molecule has 0 saturated heterocycles. The Morgan fingerprint density at radius 2 is 1.70 bits per heavy atom. The molecule has 1 heterocycles. The monoisotopic (exact) mass is 636 g/mol. The highest BCUT2D eigenvalue weighted by molar-refractivity contribution is 7.92. The summed E-state index contributed by atoms with van der Waals surface area (Å²) in [6.07, 6.45) is 1.60. The largest absolute Gasteiger partial charge is 0.341 e. The number of ketones is 2. The van der Waals surface area contributed by atoms with Crippen LogP contribution >= 0.6 is 0 Å². The number of amidine groups is 1.